The molecule has 0 radical (unpaired) electrons. The third-order valence-corrected chi connectivity index (χ3v) is 4.89. The van der Waals surface area contributed by atoms with Crippen LogP contribution in [0.25, 0.3) is 5.69 Å². The maximum atomic E-state index is 12.7. The van der Waals surface area contributed by atoms with Gasteiger partial charge in [-0.3, -0.25) is 23.9 Å². The number of nitrogens with one attached hydrogen (secondary N) is 1. The SMILES string of the molecule is Cc1c(NC(=O)CSCC(=O)O[C@H](C)C(N)=O)c(=O)n(-c2ccccc2)n1C. The molecule has 2 amide bonds. The lowest BCUT2D eigenvalue weighted by molar-refractivity contribution is -0.151. The van der Waals surface area contributed by atoms with Gasteiger partial charge in [-0.2, -0.15) is 0 Å². The van der Waals surface area contributed by atoms with Gasteiger partial charge in [0.05, 0.1) is 22.9 Å². The van der Waals surface area contributed by atoms with Gasteiger partial charge in [0.1, 0.15) is 5.69 Å². The van der Waals surface area contributed by atoms with Gasteiger partial charge in [0, 0.05) is 7.05 Å². The van der Waals surface area contributed by atoms with E-state index in [-0.39, 0.29) is 22.8 Å². The van der Waals surface area contributed by atoms with Crippen LogP contribution in [-0.4, -0.2) is 44.8 Å². The zero-order valence-corrected chi connectivity index (χ0v) is 16.6. The van der Waals surface area contributed by atoms with Crippen molar-refractivity contribution < 1.29 is 19.1 Å². The summed E-state index contributed by atoms with van der Waals surface area (Å²) in [5.74, 6) is -1.99. The van der Waals surface area contributed by atoms with Crippen molar-refractivity contribution in [2.45, 2.75) is 20.0 Å². The Hall–Kier alpha value is -3.01. The average molecular weight is 406 g/mol. The lowest BCUT2D eigenvalue weighted by Gasteiger charge is -2.09. The van der Waals surface area contributed by atoms with Gasteiger partial charge >= 0.3 is 5.97 Å². The van der Waals surface area contributed by atoms with Crippen molar-refractivity contribution >= 4 is 35.2 Å². The Kier molecular flexibility index (Phi) is 7.05. The molecule has 150 valence electrons. The van der Waals surface area contributed by atoms with Crippen molar-refractivity contribution in [2.24, 2.45) is 12.8 Å². The van der Waals surface area contributed by atoms with E-state index in [0.717, 1.165) is 11.8 Å². The zero-order chi connectivity index (χ0) is 20.8. The summed E-state index contributed by atoms with van der Waals surface area (Å²) < 4.78 is 7.91. The second-order valence-electron chi connectivity index (χ2n) is 6.01. The first-order valence-corrected chi connectivity index (χ1v) is 9.58. The predicted octanol–water partition coefficient (Wildman–Crippen LogP) is 0.573. The van der Waals surface area contributed by atoms with Crippen molar-refractivity contribution in [3.8, 4) is 5.69 Å². The van der Waals surface area contributed by atoms with Crippen LogP contribution in [0.1, 0.15) is 12.6 Å². The number of primary amides is 1. The molecule has 0 aliphatic carbocycles. The van der Waals surface area contributed by atoms with Crippen molar-refractivity contribution in [2.75, 3.05) is 16.8 Å². The molecule has 9 nitrogen and oxygen atoms in total. The summed E-state index contributed by atoms with van der Waals surface area (Å²) >= 11 is 1.01. The minimum atomic E-state index is -1.02. The number of nitrogens with two attached hydrogens (primary N) is 1. The zero-order valence-electron chi connectivity index (χ0n) is 15.8. The minimum absolute atomic E-state index is 0.0564. The lowest BCUT2D eigenvalue weighted by atomic mass is 10.3. The minimum Gasteiger partial charge on any atom is -0.452 e. The average Bonchev–Trinajstić information content (AvgIpc) is 2.85. The highest BCUT2D eigenvalue weighted by Crippen LogP contribution is 2.14. The van der Waals surface area contributed by atoms with E-state index in [2.05, 4.69) is 5.32 Å². The first-order chi connectivity index (χ1) is 13.2. The van der Waals surface area contributed by atoms with E-state index in [1.807, 2.05) is 18.2 Å². The molecule has 1 aromatic carbocycles. The molecule has 2 rings (SSSR count). The maximum absolute atomic E-state index is 12.7. The highest BCUT2D eigenvalue weighted by molar-refractivity contribution is 8.00. The van der Waals surface area contributed by atoms with E-state index >= 15 is 0 Å². The number of hydrogen-bond acceptors (Lipinski definition) is 6. The van der Waals surface area contributed by atoms with Gasteiger partial charge in [-0.25, -0.2) is 4.68 Å². The number of hydrogen-bond donors (Lipinski definition) is 2. The largest absolute Gasteiger partial charge is 0.452 e. The first kappa shape index (κ1) is 21.3. The van der Waals surface area contributed by atoms with E-state index in [9.17, 15) is 19.2 Å². The fraction of sp³-hybridized carbons (Fsp3) is 0.333. The molecule has 1 heterocycles. The molecule has 0 unspecified atom stereocenters. The molecule has 0 spiro atoms. The number of carbonyl (C=O) groups excluding carboxylic acids is 3. The summed E-state index contributed by atoms with van der Waals surface area (Å²) in [5.41, 5.74) is 6.12. The van der Waals surface area contributed by atoms with Gasteiger partial charge in [-0.1, -0.05) is 18.2 Å². The molecule has 28 heavy (non-hydrogen) atoms. The van der Waals surface area contributed by atoms with Crippen molar-refractivity contribution in [1.29, 1.82) is 0 Å². The van der Waals surface area contributed by atoms with Gasteiger partial charge in [-0.05, 0) is 26.0 Å². The molecular weight excluding hydrogens is 384 g/mol. The monoisotopic (exact) mass is 406 g/mol. The van der Waals surface area contributed by atoms with Gasteiger partial charge in [-0.15, -0.1) is 11.8 Å². The van der Waals surface area contributed by atoms with E-state index in [0.29, 0.717) is 11.4 Å². The van der Waals surface area contributed by atoms with Crippen LogP contribution in [0.4, 0.5) is 5.69 Å². The molecule has 0 saturated heterocycles. The molecule has 0 aliphatic heterocycles. The van der Waals surface area contributed by atoms with Crippen molar-refractivity contribution in [1.82, 2.24) is 9.36 Å². The third kappa shape index (κ3) is 5.03. The maximum Gasteiger partial charge on any atom is 0.316 e. The molecule has 0 saturated carbocycles. The van der Waals surface area contributed by atoms with Crippen LogP contribution < -0.4 is 16.6 Å². The molecule has 0 fully saturated rings. The Morgan fingerprint density at radius 3 is 2.46 bits per heavy atom. The topological polar surface area (TPSA) is 125 Å². The van der Waals surface area contributed by atoms with Crippen LogP contribution in [0.3, 0.4) is 0 Å². The summed E-state index contributed by atoms with van der Waals surface area (Å²) in [4.78, 5) is 47.3. The quantitative estimate of drug-likeness (QED) is 0.618. The number of rotatable bonds is 8. The first-order valence-electron chi connectivity index (χ1n) is 8.42. The Morgan fingerprint density at radius 2 is 1.86 bits per heavy atom. The summed E-state index contributed by atoms with van der Waals surface area (Å²) in [6.45, 7) is 3.10. The highest BCUT2D eigenvalue weighted by Gasteiger charge is 2.19. The van der Waals surface area contributed by atoms with E-state index in [1.165, 1.54) is 11.6 Å². The van der Waals surface area contributed by atoms with E-state index in [1.54, 1.807) is 30.8 Å². The summed E-state index contributed by atoms with van der Waals surface area (Å²) in [7, 11) is 1.73. The predicted molar refractivity (Wildman–Crippen MR) is 106 cm³/mol. The van der Waals surface area contributed by atoms with E-state index in [4.69, 9.17) is 10.5 Å². The number of para-hydroxylation sites is 1. The van der Waals surface area contributed by atoms with Gasteiger partial charge in [0.25, 0.3) is 11.5 Å². The normalized spacial score (nSPS) is 11.7. The van der Waals surface area contributed by atoms with Crippen LogP contribution in [0.15, 0.2) is 35.1 Å². The summed E-state index contributed by atoms with van der Waals surface area (Å²) in [6, 6.07) is 9.07. The Labute approximate surface area is 165 Å². The third-order valence-electron chi connectivity index (χ3n) is 3.98. The van der Waals surface area contributed by atoms with Crippen LogP contribution in [-0.2, 0) is 26.2 Å². The summed E-state index contributed by atoms with van der Waals surface area (Å²) in [6.07, 6.45) is -1.02. The van der Waals surface area contributed by atoms with Crippen LogP contribution >= 0.6 is 11.8 Å². The molecular formula is C18H22N4O5S. The summed E-state index contributed by atoms with van der Waals surface area (Å²) in [5, 5.41) is 2.60. The lowest BCUT2D eigenvalue weighted by Crippen LogP contribution is -2.31. The molecule has 1 atom stereocenters. The molecule has 10 heteroatoms. The Balaban J connectivity index is 1.99. The Bertz CT molecular complexity index is 935. The smallest absolute Gasteiger partial charge is 0.316 e. The number of anilines is 1. The number of thioether (sulfide) groups is 1. The second kappa shape index (κ2) is 9.27. The number of amides is 2. The van der Waals surface area contributed by atoms with Crippen LogP contribution in [0, 0.1) is 6.92 Å². The van der Waals surface area contributed by atoms with Gasteiger partial charge in [0.2, 0.25) is 5.91 Å². The molecule has 3 N–H and O–H groups in total. The van der Waals surface area contributed by atoms with Gasteiger partial charge in [0.15, 0.2) is 6.10 Å². The standard InChI is InChI=1S/C18H22N4O5S/c1-11-16(18(26)22(21(11)3)13-7-5-4-6-8-13)20-14(23)9-28-10-15(24)27-12(2)17(19)25/h4-8,12H,9-10H2,1-3H3,(H2,19,25)(H,20,23)/t12-/m1/s1. The fourth-order valence-electron chi connectivity index (χ4n) is 2.40. The van der Waals surface area contributed by atoms with Crippen molar-refractivity contribution in [3.63, 3.8) is 0 Å². The number of ether oxygens (including phenoxy) is 1. The number of benzene rings is 1. The van der Waals surface area contributed by atoms with Crippen molar-refractivity contribution in [3.05, 3.63) is 46.4 Å². The molecule has 0 bridgehead atoms. The molecule has 0 aliphatic rings. The molecule has 1 aromatic heterocycles. The Morgan fingerprint density at radius 1 is 1.21 bits per heavy atom. The molecule has 2 aromatic rings. The number of aromatic nitrogens is 2. The van der Waals surface area contributed by atoms with Crippen LogP contribution in [0.2, 0.25) is 0 Å². The highest BCUT2D eigenvalue weighted by atomic mass is 32.2. The van der Waals surface area contributed by atoms with Gasteiger partial charge < -0.3 is 15.8 Å². The fourth-order valence-corrected chi connectivity index (χ4v) is 3.00. The van der Waals surface area contributed by atoms with Crippen LogP contribution in [0.5, 0.6) is 0 Å². The number of nitrogens with zero attached hydrogens (tertiary/aromatic N) is 2. The van der Waals surface area contributed by atoms with E-state index < -0.39 is 23.9 Å². The number of carbonyl (C=O) groups is 3. The second-order valence-corrected chi connectivity index (χ2v) is 7.00. The number of esters is 1.